The highest BCUT2D eigenvalue weighted by molar-refractivity contribution is 7.89. The monoisotopic (exact) mass is 313 g/mol. The molecule has 1 N–H and O–H groups in total. The molecule has 0 amide bonds. The van der Waals surface area contributed by atoms with Crippen LogP contribution >= 0.6 is 0 Å². The predicted octanol–water partition coefficient (Wildman–Crippen LogP) is 3.04. The minimum atomic E-state index is -3.52. The fourth-order valence-corrected chi connectivity index (χ4v) is 3.99. The molecule has 0 bridgehead atoms. The highest BCUT2D eigenvalue weighted by Crippen LogP contribution is 2.22. The molecule has 5 heteroatoms. The van der Waals surface area contributed by atoms with Crippen LogP contribution in [-0.4, -0.2) is 30.9 Å². The van der Waals surface area contributed by atoms with Crippen LogP contribution in [-0.2, 0) is 10.0 Å². The first-order valence-corrected chi connectivity index (χ1v) is 8.86. The van der Waals surface area contributed by atoms with Crippen LogP contribution in [0.1, 0.15) is 46.3 Å². The third kappa shape index (κ3) is 5.09. The Hall–Kier alpha value is -0.910. The van der Waals surface area contributed by atoms with Gasteiger partial charge in [0, 0.05) is 13.1 Å². The quantitative estimate of drug-likeness (QED) is 0.841. The predicted molar refractivity (Wildman–Crippen MR) is 85.5 cm³/mol. The summed E-state index contributed by atoms with van der Waals surface area (Å²) in [6.45, 7) is 10.7. The summed E-state index contributed by atoms with van der Waals surface area (Å²) in [6.07, 6.45) is -0.677. The molecule has 0 aromatic heterocycles. The van der Waals surface area contributed by atoms with Crippen molar-refractivity contribution in [2.75, 3.05) is 13.1 Å². The summed E-state index contributed by atoms with van der Waals surface area (Å²) in [4.78, 5) is 0.252. The molecule has 0 heterocycles. The zero-order valence-corrected chi connectivity index (χ0v) is 14.4. The topological polar surface area (TPSA) is 57.6 Å². The number of rotatable bonds is 7. The molecule has 0 spiro atoms. The van der Waals surface area contributed by atoms with Crippen molar-refractivity contribution in [2.45, 2.75) is 45.6 Å². The van der Waals surface area contributed by atoms with Crippen LogP contribution in [0.4, 0.5) is 0 Å². The molecule has 0 saturated heterocycles. The van der Waals surface area contributed by atoms with Crippen LogP contribution in [0.15, 0.2) is 29.2 Å². The van der Waals surface area contributed by atoms with Crippen LogP contribution in [0.5, 0.6) is 0 Å². The highest BCUT2D eigenvalue weighted by Gasteiger charge is 2.26. The molecule has 1 rings (SSSR count). The second kappa shape index (κ2) is 7.38. The van der Waals surface area contributed by atoms with Crippen molar-refractivity contribution in [1.82, 2.24) is 4.31 Å². The lowest BCUT2D eigenvalue weighted by Crippen LogP contribution is -2.37. The summed E-state index contributed by atoms with van der Waals surface area (Å²) < 4.78 is 27.2. The van der Waals surface area contributed by atoms with Gasteiger partial charge in [0.2, 0.25) is 10.0 Å². The molecule has 1 aromatic rings. The van der Waals surface area contributed by atoms with Gasteiger partial charge in [-0.2, -0.15) is 4.31 Å². The fourth-order valence-electron chi connectivity index (χ4n) is 2.17. The van der Waals surface area contributed by atoms with Crippen LogP contribution < -0.4 is 0 Å². The Bertz CT molecular complexity index is 540. The SMILES string of the molecule is CC(C)CN(CC(C)C)S(=O)(=O)c1cccc(C(C)O)c1. The van der Waals surface area contributed by atoms with E-state index in [1.165, 1.54) is 0 Å². The zero-order valence-electron chi connectivity index (χ0n) is 13.6. The van der Waals surface area contributed by atoms with Gasteiger partial charge < -0.3 is 5.11 Å². The van der Waals surface area contributed by atoms with Gasteiger partial charge in [-0.1, -0.05) is 39.8 Å². The normalized spacial score (nSPS) is 14.1. The largest absolute Gasteiger partial charge is 0.389 e. The lowest BCUT2D eigenvalue weighted by Gasteiger charge is -2.26. The van der Waals surface area contributed by atoms with Gasteiger partial charge in [-0.3, -0.25) is 0 Å². The Balaban J connectivity index is 3.18. The Kier molecular flexibility index (Phi) is 6.38. The van der Waals surface area contributed by atoms with E-state index in [4.69, 9.17) is 0 Å². The lowest BCUT2D eigenvalue weighted by molar-refractivity contribution is 0.199. The summed E-state index contributed by atoms with van der Waals surface area (Å²) in [5.74, 6) is 0.525. The summed E-state index contributed by atoms with van der Waals surface area (Å²) in [7, 11) is -3.52. The molecular weight excluding hydrogens is 286 g/mol. The molecule has 120 valence electrons. The molecule has 1 unspecified atom stereocenters. The Morgan fingerprint density at radius 1 is 1.05 bits per heavy atom. The average molecular weight is 313 g/mol. The van der Waals surface area contributed by atoms with Gasteiger partial charge in [0.1, 0.15) is 0 Å². The first-order valence-electron chi connectivity index (χ1n) is 7.42. The second-order valence-corrected chi connectivity index (χ2v) is 8.30. The standard InChI is InChI=1S/C16H27NO3S/c1-12(2)10-17(11-13(3)4)21(19,20)16-8-6-7-15(9-16)14(5)18/h6-9,12-14,18H,10-11H2,1-5H3. The molecule has 1 aromatic carbocycles. The number of hydrogen-bond donors (Lipinski definition) is 1. The molecular formula is C16H27NO3S. The Morgan fingerprint density at radius 3 is 2.00 bits per heavy atom. The number of hydrogen-bond acceptors (Lipinski definition) is 3. The van der Waals surface area contributed by atoms with Gasteiger partial charge in [0.05, 0.1) is 11.0 Å². The number of aliphatic hydroxyl groups is 1. The van der Waals surface area contributed by atoms with Gasteiger partial charge in [-0.15, -0.1) is 0 Å². The van der Waals surface area contributed by atoms with Gasteiger partial charge in [-0.05, 0) is 36.5 Å². The molecule has 1 atom stereocenters. The number of benzene rings is 1. The Morgan fingerprint density at radius 2 is 1.57 bits per heavy atom. The van der Waals surface area contributed by atoms with Crippen molar-refractivity contribution in [3.8, 4) is 0 Å². The van der Waals surface area contributed by atoms with E-state index >= 15 is 0 Å². The van der Waals surface area contributed by atoms with E-state index in [1.54, 1.807) is 35.5 Å². The third-order valence-electron chi connectivity index (χ3n) is 3.12. The number of nitrogens with zero attached hydrogens (tertiary/aromatic N) is 1. The summed E-state index contributed by atoms with van der Waals surface area (Å²) >= 11 is 0. The second-order valence-electron chi connectivity index (χ2n) is 6.36. The maximum Gasteiger partial charge on any atom is 0.243 e. The van der Waals surface area contributed by atoms with Gasteiger partial charge in [-0.25, -0.2) is 8.42 Å². The van der Waals surface area contributed by atoms with E-state index in [0.29, 0.717) is 18.7 Å². The van der Waals surface area contributed by atoms with Crippen molar-refractivity contribution in [2.24, 2.45) is 11.8 Å². The van der Waals surface area contributed by atoms with E-state index in [0.717, 1.165) is 0 Å². The molecule has 0 saturated carbocycles. The van der Waals surface area contributed by atoms with E-state index in [1.807, 2.05) is 27.7 Å². The molecule has 21 heavy (non-hydrogen) atoms. The molecule has 0 aliphatic rings. The lowest BCUT2D eigenvalue weighted by atomic mass is 10.1. The minimum absolute atomic E-state index is 0.252. The third-order valence-corrected chi connectivity index (χ3v) is 4.94. The summed E-state index contributed by atoms with van der Waals surface area (Å²) in [5, 5.41) is 9.63. The van der Waals surface area contributed by atoms with Crippen molar-refractivity contribution < 1.29 is 13.5 Å². The number of aliphatic hydroxyl groups excluding tert-OH is 1. The molecule has 0 radical (unpaired) electrons. The van der Waals surface area contributed by atoms with Crippen LogP contribution in [0.2, 0.25) is 0 Å². The van der Waals surface area contributed by atoms with Crippen molar-refractivity contribution >= 4 is 10.0 Å². The Labute approximate surface area is 128 Å². The van der Waals surface area contributed by atoms with Crippen LogP contribution in [0.3, 0.4) is 0 Å². The molecule has 0 aliphatic carbocycles. The molecule has 4 nitrogen and oxygen atoms in total. The maximum absolute atomic E-state index is 12.8. The minimum Gasteiger partial charge on any atom is -0.389 e. The number of sulfonamides is 1. The summed E-state index contributed by atoms with van der Waals surface area (Å²) in [6, 6.07) is 6.57. The van der Waals surface area contributed by atoms with Crippen molar-refractivity contribution in [3.05, 3.63) is 29.8 Å². The van der Waals surface area contributed by atoms with E-state index < -0.39 is 16.1 Å². The molecule has 0 fully saturated rings. The van der Waals surface area contributed by atoms with Gasteiger partial charge in [0.25, 0.3) is 0 Å². The van der Waals surface area contributed by atoms with Crippen LogP contribution in [0.25, 0.3) is 0 Å². The van der Waals surface area contributed by atoms with E-state index in [2.05, 4.69) is 0 Å². The highest BCUT2D eigenvalue weighted by atomic mass is 32.2. The summed E-state index contributed by atoms with van der Waals surface area (Å²) in [5.41, 5.74) is 0.616. The van der Waals surface area contributed by atoms with Crippen LogP contribution in [0, 0.1) is 11.8 Å². The average Bonchev–Trinajstić information content (AvgIpc) is 2.37. The fraction of sp³-hybridized carbons (Fsp3) is 0.625. The van der Waals surface area contributed by atoms with E-state index in [-0.39, 0.29) is 16.7 Å². The molecule has 0 aliphatic heterocycles. The smallest absolute Gasteiger partial charge is 0.243 e. The van der Waals surface area contributed by atoms with Gasteiger partial charge >= 0.3 is 0 Å². The van der Waals surface area contributed by atoms with E-state index in [9.17, 15) is 13.5 Å². The zero-order chi connectivity index (χ0) is 16.2. The van der Waals surface area contributed by atoms with Crippen molar-refractivity contribution in [3.63, 3.8) is 0 Å². The maximum atomic E-state index is 12.8. The van der Waals surface area contributed by atoms with Gasteiger partial charge in [0.15, 0.2) is 0 Å². The first kappa shape index (κ1) is 18.1. The first-order chi connectivity index (χ1) is 9.64. The van der Waals surface area contributed by atoms with Crippen molar-refractivity contribution in [1.29, 1.82) is 0 Å².